The van der Waals surface area contributed by atoms with Crippen molar-refractivity contribution >= 4 is 5.91 Å². The lowest BCUT2D eigenvalue weighted by Gasteiger charge is -2.13. The third-order valence-electron chi connectivity index (χ3n) is 2.78. The summed E-state index contributed by atoms with van der Waals surface area (Å²) < 4.78 is 4.80. The molecule has 6 nitrogen and oxygen atoms in total. The van der Waals surface area contributed by atoms with E-state index >= 15 is 0 Å². The summed E-state index contributed by atoms with van der Waals surface area (Å²) in [6, 6.07) is 0. The zero-order valence-corrected chi connectivity index (χ0v) is 9.56. The van der Waals surface area contributed by atoms with Gasteiger partial charge in [0.05, 0.1) is 0 Å². The van der Waals surface area contributed by atoms with Crippen LogP contribution in [0.1, 0.15) is 22.9 Å². The van der Waals surface area contributed by atoms with Crippen molar-refractivity contribution in [3.63, 3.8) is 0 Å². The van der Waals surface area contributed by atoms with Gasteiger partial charge < -0.3 is 14.7 Å². The summed E-state index contributed by atoms with van der Waals surface area (Å²) >= 11 is 0. The smallest absolute Gasteiger partial charge is 0.295 e. The molecule has 16 heavy (non-hydrogen) atoms. The number of nitrogens with zero attached hydrogens (tertiary/aromatic N) is 3. The highest BCUT2D eigenvalue weighted by Crippen LogP contribution is 2.17. The minimum absolute atomic E-state index is 0.129. The first-order valence-corrected chi connectivity index (χ1v) is 5.45. The number of carbonyl (C=O) groups is 1. The summed E-state index contributed by atoms with van der Waals surface area (Å²) in [7, 11) is 1.92. The van der Waals surface area contributed by atoms with E-state index < -0.39 is 0 Å². The van der Waals surface area contributed by atoms with Crippen molar-refractivity contribution in [2.75, 3.05) is 26.7 Å². The second-order valence-corrected chi connectivity index (χ2v) is 4.10. The van der Waals surface area contributed by atoms with Crippen molar-refractivity contribution in [1.29, 1.82) is 0 Å². The van der Waals surface area contributed by atoms with Crippen molar-refractivity contribution in [1.82, 2.24) is 20.4 Å². The molecule has 1 unspecified atom stereocenters. The fourth-order valence-corrected chi connectivity index (χ4v) is 2.00. The molecule has 1 saturated heterocycles. The highest BCUT2D eigenvalue weighted by Gasteiger charge is 2.28. The molecule has 0 bridgehead atoms. The summed E-state index contributed by atoms with van der Waals surface area (Å²) in [6.07, 6.45) is 1.03. The van der Waals surface area contributed by atoms with Gasteiger partial charge in [-0.15, -0.1) is 0 Å². The van der Waals surface area contributed by atoms with Gasteiger partial charge in [-0.1, -0.05) is 5.16 Å². The van der Waals surface area contributed by atoms with Crippen molar-refractivity contribution in [2.45, 2.75) is 13.3 Å². The predicted octanol–water partition coefficient (Wildman–Crippen LogP) is 0.0595. The average molecular weight is 224 g/mol. The highest BCUT2D eigenvalue weighted by molar-refractivity contribution is 5.90. The van der Waals surface area contributed by atoms with E-state index in [1.54, 1.807) is 11.8 Å². The van der Waals surface area contributed by atoms with Gasteiger partial charge in [-0.25, -0.2) is 0 Å². The number of nitrogens with one attached hydrogen (secondary N) is 1. The third kappa shape index (κ3) is 2.21. The van der Waals surface area contributed by atoms with E-state index in [4.69, 9.17) is 4.52 Å². The van der Waals surface area contributed by atoms with Gasteiger partial charge in [0.15, 0.2) is 0 Å². The molecule has 0 radical (unpaired) electrons. The number of hydrogen-bond acceptors (Lipinski definition) is 5. The summed E-state index contributed by atoms with van der Waals surface area (Å²) in [4.78, 5) is 17.7. The van der Waals surface area contributed by atoms with E-state index in [0.717, 1.165) is 26.1 Å². The number of aryl methyl sites for hydroxylation is 1. The van der Waals surface area contributed by atoms with Crippen LogP contribution in [0, 0.1) is 12.8 Å². The molecule has 1 aromatic heterocycles. The number of carbonyl (C=O) groups excluding carboxylic acids is 1. The molecule has 2 rings (SSSR count). The molecule has 1 aromatic rings. The van der Waals surface area contributed by atoms with Crippen LogP contribution in [-0.4, -0.2) is 47.6 Å². The second-order valence-electron chi connectivity index (χ2n) is 4.10. The van der Waals surface area contributed by atoms with Gasteiger partial charge in [0.25, 0.3) is 11.7 Å². The van der Waals surface area contributed by atoms with Crippen LogP contribution in [0.5, 0.6) is 0 Å². The number of amides is 1. The monoisotopic (exact) mass is 224 g/mol. The predicted molar refractivity (Wildman–Crippen MR) is 57.0 cm³/mol. The topological polar surface area (TPSA) is 71.3 Å². The molecule has 88 valence electrons. The van der Waals surface area contributed by atoms with Crippen LogP contribution in [0.2, 0.25) is 0 Å². The Morgan fingerprint density at radius 2 is 2.50 bits per heavy atom. The minimum atomic E-state index is -0.129. The van der Waals surface area contributed by atoms with Crippen LogP contribution in [0.15, 0.2) is 4.52 Å². The molecule has 0 aromatic carbocycles. The van der Waals surface area contributed by atoms with E-state index in [1.807, 2.05) is 7.05 Å². The van der Waals surface area contributed by atoms with Gasteiger partial charge >= 0.3 is 0 Å². The Hall–Kier alpha value is -1.43. The molecule has 1 N–H and O–H groups in total. The first-order chi connectivity index (χ1) is 7.70. The van der Waals surface area contributed by atoms with Crippen molar-refractivity contribution in [3.8, 4) is 0 Å². The number of rotatable bonds is 3. The molecule has 1 amide bonds. The van der Waals surface area contributed by atoms with Crippen molar-refractivity contribution in [2.24, 2.45) is 5.92 Å². The van der Waals surface area contributed by atoms with Crippen molar-refractivity contribution < 1.29 is 9.32 Å². The zero-order valence-electron chi connectivity index (χ0n) is 9.56. The maximum Gasteiger partial charge on any atom is 0.295 e. The molecule has 0 spiro atoms. The van der Waals surface area contributed by atoms with Gasteiger partial charge in [0, 0.05) is 20.0 Å². The van der Waals surface area contributed by atoms with E-state index in [0.29, 0.717) is 11.8 Å². The van der Waals surface area contributed by atoms with Crippen LogP contribution in [0.25, 0.3) is 0 Å². The molecule has 1 aliphatic rings. The van der Waals surface area contributed by atoms with Crippen LogP contribution in [0.4, 0.5) is 0 Å². The lowest BCUT2D eigenvalue weighted by atomic mass is 10.1. The van der Waals surface area contributed by atoms with Crippen LogP contribution >= 0.6 is 0 Å². The fraction of sp³-hybridized carbons (Fsp3) is 0.700. The van der Waals surface area contributed by atoms with Crippen molar-refractivity contribution in [3.05, 3.63) is 11.7 Å². The zero-order chi connectivity index (χ0) is 11.5. The van der Waals surface area contributed by atoms with Gasteiger partial charge in [-0.2, -0.15) is 4.98 Å². The Morgan fingerprint density at radius 1 is 1.69 bits per heavy atom. The number of hydrogen-bond donors (Lipinski definition) is 1. The Kier molecular flexibility index (Phi) is 3.19. The highest BCUT2D eigenvalue weighted by atomic mass is 16.5. The third-order valence-corrected chi connectivity index (χ3v) is 2.78. The molecule has 6 heteroatoms. The molecule has 0 saturated carbocycles. The summed E-state index contributed by atoms with van der Waals surface area (Å²) in [6.45, 7) is 4.17. The maximum absolute atomic E-state index is 11.9. The largest absolute Gasteiger partial charge is 0.339 e. The standard InChI is InChI=1S/C10H16N4O2/c1-7-12-9(13-16-7)10(15)14-4-3-8(6-14)5-11-2/h8,11H,3-6H2,1-2H3. The Balaban J connectivity index is 1.97. The lowest BCUT2D eigenvalue weighted by Crippen LogP contribution is -2.31. The molecule has 1 fully saturated rings. The minimum Gasteiger partial charge on any atom is -0.339 e. The SMILES string of the molecule is CNCC1CCN(C(=O)c2noc(C)n2)C1. The Labute approximate surface area is 94.0 Å². The van der Waals surface area contributed by atoms with E-state index in [1.165, 1.54) is 0 Å². The van der Waals surface area contributed by atoms with Crippen LogP contribution in [-0.2, 0) is 0 Å². The molecule has 2 heterocycles. The molecular weight excluding hydrogens is 208 g/mol. The number of likely N-dealkylation sites (tertiary alicyclic amines) is 1. The summed E-state index contributed by atoms with van der Waals surface area (Å²) in [5.41, 5.74) is 0. The quantitative estimate of drug-likeness (QED) is 0.786. The lowest BCUT2D eigenvalue weighted by molar-refractivity contribution is 0.0772. The van der Waals surface area contributed by atoms with Crippen LogP contribution in [0.3, 0.4) is 0 Å². The molecular formula is C10H16N4O2. The first kappa shape index (κ1) is 11.1. The average Bonchev–Trinajstić information content (AvgIpc) is 2.87. The Morgan fingerprint density at radius 3 is 3.12 bits per heavy atom. The van der Waals surface area contributed by atoms with Gasteiger partial charge in [-0.05, 0) is 25.9 Å². The summed E-state index contributed by atoms with van der Waals surface area (Å²) in [5.74, 6) is 0.995. The fourth-order valence-electron chi connectivity index (χ4n) is 2.00. The molecule has 0 aliphatic carbocycles. The number of aromatic nitrogens is 2. The first-order valence-electron chi connectivity index (χ1n) is 5.45. The summed E-state index contributed by atoms with van der Waals surface area (Å²) in [5, 5.41) is 6.76. The molecule has 1 atom stereocenters. The van der Waals surface area contributed by atoms with E-state index in [2.05, 4.69) is 15.5 Å². The van der Waals surface area contributed by atoms with Gasteiger partial charge in [-0.3, -0.25) is 4.79 Å². The normalized spacial score (nSPS) is 20.4. The second kappa shape index (κ2) is 4.61. The van der Waals surface area contributed by atoms with E-state index in [9.17, 15) is 4.79 Å². The van der Waals surface area contributed by atoms with Gasteiger partial charge in [0.1, 0.15) is 0 Å². The Bertz CT molecular complexity index is 377. The van der Waals surface area contributed by atoms with Gasteiger partial charge in [0.2, 0.25) is 5.89 Å². The maximum atomic E-state index is 11.9. The van der Waals surface area contributed by atoms with E-state index in [-0.39, 0.29) is 11.7 Å². The molecule has 1 aliphatic heterocycles. The van der Waals surface area contributed by atoms with Crippen LogP contribution < -0.4 is 5.32 Å².